The Morgan fingerprint density at radius 2 is 1.00 bits per heavy atom. The summed E-state index contributed by atoms with van der Waals surface area (Å²) in [5.74, 6) is 0. The second-order valence-electron chi connectivity index (χ2n) is 3.32. The minimum Gasteiger partial charge on any atom is -0.106 e. The lowest BCUT2D eigenvalue weighted by molar-refractivity contribution is 0.398. The van der Waals surface area contributed by atoms with Crippen molar-refractivity contribution in [3.8, 4) is 0 Å². The van der Waals surface area contributed by atoms with Gasteiger partial charge in [0.15, 0.2) is 0 Å². The number of rotatable bonds is 0. The highest BCUT2D eigenvalue weighted by atomic mass is 14.1. The summed E-state index contributed by atoms with van der Waals surface area (Å²) < 4.78 is 0. The van der Waals surface area contributed by atoms with Gasteiger partial charge in [0.2, 0.25) is 0 Å². The Morgan fingerprint density at radius 1 is 0.933 bits per heavy atom. The topological polar surface area (TPSA) is 0 Å². The molecular weight excluding hydrogens is 180 g/mol. The Kier molecular flexibility index (Phi) is 73.2. The van der Waals surface area contributed by atoms with Crippen molar-refractivity contribution in [3.63, 3.8) is 0 Å². The fraction of sp³-hybridized carbons (Fsp3) is 0.733. The largest absolute Gasteiger partial charge is 0.106 e. The van der Waals surface area contributed by atoms with Gasteiger partial charge >= 0.3 is 0 Å². The van der Waals surface area contributed by atoms with Crippen LogP contribution in [0.15, 0.2) is 25.8 Å². The van der Waals surface area contributed by atoms with Gasteiger partial charge in [-0.1, -0.05) is 67.9 Å². The van der Waals surface area contributed by atoms with Crippen LogP contribution in [0.4, 0.5) is 0 Å². The first-order valence-electron chi connectivity index (χ1n) is 6.05. The lowest BCUT2D eigenvalue weighted by atomic mass is 9.94. The molecule has 96 valence electrons. The van der Waals surface area contributed by atoms with Crippen molar-refractivity contribution in [2.24, 2.45) is 5.41 Å². The molecular formula is C15H36. The summed E-state index contributed by atoms with van der Waals surface area (Å²) in [4.78, 5) is 0. The number of hydrogen-bond donors (Lipinski definition) is 0. The van der Waals surface area contributed by atoms with Crippen LogP contribution in [0.1, 0.15) is 68.7 Å². The minimum absolute atomic E-state index is 0.542. The van der Waals surface area contributed by atoms with Gasteiger partial charge in [0.25, 0.3) is 0 Å². The first-order valence-corrected chi connectivity index (χ1v) is 6.05. The summed E-state index contributed by atoms with van der Waals surface area (Å²) >= 11 is 0. The fourth-order valence-corrected chi connectivity index (χ4v) is 0. The molecule has 0 unspecified atom stereocenters. The lowest BCUT2D eigenvalue weighted by Crippen LogP contribution is -2.00. The molecule has 0 N–H and O–H groups in total. The van der Waals surface area contributed by atoms with Gasteiger partial charge < -0.3 is 0 Å². The molecule has 0 aliphatic rings. The quantitative estimate of drug-likeness (QED) is 0.406. The lowest BCUT2D eigenvalue weighted by Gasteiger charge is -2.12. The summed E-state index contributed by atoms with van der Waals surface area (Å²) in [7, 11) is 0. The number of hydrogen-bond acceptors (Lipinski definition) is 0. The summed E-state index contributed by atoms with van der Waals surface area (Å²) in [6.45, 7) is 28.2. The van der Waals surface area contributed by atoms with Crippen molar-refractivity contribution >= 4 is 0 Å². The maximum atomic E-state index is 3.36. The van der Waals surface area contributed by atoms with Crippen LogP contribution in [0, 0.1) is 5.41 Å². The molecule has 0 atom stereocenters. The van der Waals surface area contributed by atoms with E-state index in [1.165, 1.54) is 6.42 Å². The highest BCUT2D eigenvalue weighted by molar-refractivity contribution is 4.55. The third kappa shape index (κ3) is 289. The SMILES string of the molecule is C=C.C=CC.CC.CC.CCC(C)(C)C. The fourth-order valence-electron chi connectivity index (χ4n) is 0. The zero-order valence-electron chi connectivity index (χ0n) is 12.9. The first kappa shape index (κ1) is 29.3. The van der Waals surface area contributed by atoms with E-state index in [1.54, 1.807) is 6.08 Å². The molecule has 0 aliphatic carbocycles. The third-order valence-corrected chi connectivity index (χ3v) is 1.06. The van der Waals surface area contributed by atoms with Gasteiger partial charge in [-0.3, -0.25) is 0 Å². The molecule has 0 aliphatic heterocycles. The Bertz CT molecular complexity index is 64.6. The standard InChI is InChI=1S/C6H14.C3H6.2C2H6.C2H4/c1-5-6(2,3)4;1-3-2;3*1-2/h5H2,1-4H3;3H,1H2,2H3;2*1-2H3;1-2H2. The molecule has 0 aromatic carbocycles. The minimum atomic E-state index is 0.542. The van der Waals surface area contributed by atoms with Gasteiger partial charge in [-0.2, -0.15) is 0 Å². The van der Waals surface area contributed by atoms with E-state index in [-0.39, 0.29) is 0 Å². The van der Waals surface area contributed by atoms with Gasteiger partial charge in [-0.25, -0.2) is 0 Å². The molecule has 0 aromatic heterocycles. The summed E-state index contributed by atoms with van der Waals surface area (Å²) in [5.41, 5.74) is 0.542. The van der Waals surface area contributed by atoms with E-state index in [0.29, 0.717) is 5.41 Å². The first-order chi connectivity index (χ1) is 6.97. The zero-order valence-corrected chi connectivity index (χ0v) is 12.9. The van der Waals surface area contributed by atoms with Crippen LogP contribution < -0.4 is 0 Å². The average molecular weight is 216 g/mol. The van der Waals surface area contributed by atoms with Crippen molar-refractivity contribution in [1.29, 1.82) is 0 Å². The van der Waals surface area contributed by atoms with E-state index >= 15 is 0 Å². The number of allylic oxidation sites excluding steroid dienone is 1. The van der Waals surface area contributed by atoms with Crippen LogP contribution in [-0.4, -0.2) is 0 Å². The zero-order chi connectivity index (χ0) is 13.9. The predicted molar refractivity (Wildman–Crippen MR) is 79.6 cm³/mol. The van der Waals surface area contributed by atoms with E-state index < -0.39 is 0 Å². The van der Waals surface area contributed by atoms with Crippen molar-refractivity contribution in [3.05, 3.63) is 25.8 Å². The van der Waals surface area contributed by atoms with Gasteiger partial charge in [-0.05, 0) is 12.3 Å². The summed E-state index contributed by atoms with van der Waals surface area (Å²) in [6, 6.07) is 0. The van der Waals surface area contributed by atoms with Crippen LogP contribution in [0.3, 0.4) is 0 Å². The van der Waals surface area contributed by atoms with Crippen molar-refractivity contribution < 1.29 is 0 Å². The summed E-state index contributed by atoms with van der Waals surface area (Å²) in [6.07, 6.45) is 3.02. The molecule has 0 aromatic rings. The van der Waals surface area contributed by atoms with Gasteiger partial charge in [0.1, 0.15) is 0 Å². The monoisotopic (exact) mass is 216 g/mol. The molecule has 15 heavy (non-hydrogen) atoms. The van der Waals surface area contributed by atoms with Crippen LogP contribution >= 0.6 is 0 Å². The smallest absolute Gasteiger partial charge is 0.0385 e. The second-order valence-corrected chi connectivity index (χ2v) is 3.32. The normalized spacial score (nSPS) is 6.73. The molecule has 0 spiro atoms. The Balaban J connectivity index is -0.0000000318. The van der Waals surface area contributed by atoms with Crippen molar-refractivity contribution in [2.45, 2.75) is 68.7 Å². The Hall–Kier alpha value is -0.520. The van der Waals surface area contributed by atoms with Crippen LogP contribution in [0.5, 0.6) is 0 Å². The van der Waals surface area contributed by atoms with E-state index in [1.807, 2.05) is 34.6 Å². The summed E-state index contributed by atoms with van der Waals surface area (Å²) in [5, 5.41) is 0. The molecule has 0 saturated heterocycles. The molecule has 0 rings (SSSR count). The molecule has 0 amide bonds. The molecule has 0 bridgehead atoms. The van der Waals surface area contributed by atoms with Crippen LogP contribution in [0.2, 0.25) is 0 Å². The molecule has 0 heterocycles. The molecule has 0 radical (unpaired) electrons. The van der Waals surface area contributed by atoms with E-state index in [2.05, 4.69) is 47.4 Å². The predicted octanol–water partition coefficient (Wildman–Crippen LogP) is 6.49. The van der Waals surface area contributed by atoms with Gasteiger partial charge in [-0.15, -0.1) is 19.7 Å². The molecule has 0 saturated carbocycles. The van der Waals surface area contributed by atoms with Gasteiger partial charge in [0, 0.05) is 0 Å². The maximum absolute atomic E-state index is 3.36. The Morgan fingerprint density at radius 3 is 1.00 bits per heavy atom. The van der Waals surface area contributed by atoms with Gasteiger partial charge in [0.05, 0.1) is 0 Å². The van der Waals surface area contributed by atoms with Crippen molar-refractivity contribution in [2.75, 3.05) is 0 Å². The van der Waals surface area contributed by atoms with Crippen molar-refractivity contribution in [1.82, 2.24) is 0 Å². The molecule has 0 nitrogen and oxygen atoms in total. The Labute approximate surface area is 100 Å². The third-order valence-electron chi connectivity index (χ3n) is 1.06. The maximum Gasteiger partial charge on any atom is -0.0385 e. The van der Waals surface area contributed by atoms with E-state index in [9.17, 15) is 0 Å². The van der Waals surface area contributed by atoms with Crippen LogP contribution in [0.25, 0.3) is 0 Å². The highest BCUT2D eigenvalue weighted by Gasteiger charge is 2.03. The molecule has 0 fully saturated rings. The van der Waals surface area contributed by atoms with Crippen LogP contribution in [-0.2, 0) is 0 Å². The van der Waals surface area contributed by atoms with E-state index in [4.69, 9.17) is 0 Å². The average Bonchev–Trinajstić information content (AvgIpc) is 2.27. The van der Waals surface area contributed by atoms with E-state index in [0.717, 1.165) is 0 Å². The second kappa shape index (κ2) is 37.5. The highest BCUT2D eigenvalue weighted by Crippen LogP contribution is 2.16. The molecule has 0 heteroatoms.